The second-order valence-electron chi connectivity index (χ2n) is 0.731. The van der Waals surface area contributed by atoms with E-state index >= 15 is 0 Å². The molecule has 47 valence electrons. The maximum Gasteiger partial charge on any atom is 0.0442 e. The first-order valence-electron chi connectivity index (χ1n) is 1.40. The molecule has 7 heavy (non-hydrogen) atoms. The summed E-state index contributed by atoms with van der Waals surface area (Å²) in [5.41, 5.74) is 0. The van der Waals surface area contributed by atoms with E-state index in [1.54, 1.807) is 11.3 Å². The van der Waals surface area contributed by atoms with Gasteiger partial charge in [0, 0.05) is 52.3 Å². The van der Waals surface area contributed by atoms with Gasteiger partial charge in [-0.25, -0.2) is 0 Å². The van der Waals surface area contributed by atoms with Crippen LogP contribution in [0, 0.1) is 52.3 Å². The van der Waals surface area contributed by atoms with Gasteiger partial charge in [0.05, 0.1) is 0 Å². The van der Waals surface area contributed by atoms with E-state index in [0.29, 0.717) is 0 Å². The molecule has 0 amide bonds. The molecule has 1 heterocycles. The van der Waals surface area contributed by atoms with E-state index in [2.05, 4.69) is 5.38 Å². The minimum Gasteiger partial charge on any atom is -1.00 e. The SMILES string of the molecule is [I-].[Yb].[c]1cccs1. The predicted molar refractivity (Wildman–Crippen MR) is 23.2 cm³/mol. The Labute approximate surface area is 103 Å². The zero-order chi connectivity index (χ0) is 3.54. The molecule has 0 unspecified atom stereocenters. The first kappa shape index (κ1) is 11.7. The van der Waals surface area contributed by atoms with Crippen molar-refractivity contribution >= 4 is 11.3 Å². The van der Waals surface area contributed by atoms with Crippen molar-refractivity contribution in [2.75, 3.05) is 0 Å². The summed E-state index contributed by atoms with van der Waals surface area (Å²) in [7, 11) is 0. The van der Waals surface area contributed by atoms with E-state index in [9.17, 15) is 0 Å². The molecule has 3 heteroatoms. The predicted octanol–water partition coefficient (Wildman–Crippen LogP) is -1.45. The van der Waals surface area contributed by atoms with Gasteiger partial charge in [-0.05, 0) is 11.4 Å². The van der Waals surface area contributed by atoms with Crippen LogP contribution < -0.4 is 24.0 Å². The van der Waals surface area contributed by atoms with Crippen molar-refractivity contribution in [2.45, 2.75) is 0 Å². The minimum atomic E-state index is 0. The fourth-order valence-electron chi connectivity index (χ4n) is 0.196. The summed E-state index contributed by atoms with van der Waals surface area (Å²) in [4.78, 5) is 0. The van der Waals surface area contributed by atoms with Crippen molar-refractivity contribution in [1.29, 1.82) is 0 Å². The van der Waals surface area contributed by atoms with Crippen molar-refractivity contribution in [1.82, 2.24) is 0 Å². The van der Waals surface area contributed by atoms with Crippen molar-refractivity contribution in [2.24, 2.45) is 0 Å². The van der Waals surface area contributed by atoms with Crippen LogP contribution in [0.3, 0.4) is 0 Å². The molecule has 0 saturated carbocycles. The maximum atomic E-state index is 2.90. The third kappa shape index (κ3) is 5.83. The van der Waals surface area contributed by atoms with Crippen LogP contribution in [0.2, 0.25) is 0 Å². The fourth-order valence-corrected chi connectivity index (χ4v) is 0.589. The van der Waals surface area contributed by atoms with Crippen molar-refractivity contribution in [3.8, 4) is 0 Å². The van der Waals surface area contributed by atoms with Gasteiger partial charge in [-0.3, -0.25) is 0 Å². The summed E-state index contributed by atoms with van der Waals surface area (Å²) in [5.74, 6) is 0. The molecule has 1 rings (SSSR count). The summed E-state index contributed by atoms with van der Waals surface area (Å²) >= 11 is 1.59. The molecular weight excluding hydrogens is 380 g/mol. The zero-order valence-electron chi connectivity index (χ0n) is 3.29. The van der Waals surface area contributed by atoms with Crippen LogP contribution >= 0.6 is 11.3 Å². The van der Waals surface area contributed by atoms with Crippen LogP contribution in [-0.2, 0) is 0 Å². The molecule has 0 fully saturated rings. The second kappa shape index (κ2) is 7.95. The van der Waals surface area contributed by atoms with E-state index in [0.717, 1.165) is 0 Å². The molecule has 0 saturated heterocycles. The summed E-state index contributed by atoms with van der Waals surface area (Å²) in [6, 6.07) is 3.86. The van der Waals surface area contributed by atoms with Gasteiger partial charge in [-0.1, -0.05) is 6.07 Å². The van der Waals surface area contributed by atoms with Crippen molar-refractivity contribution < 1.29 is 70.9 Å². The quantitative estimate of drug-likeness (QED) is 0.482. The van der Waals surface area contributed by atoms with E-state index in [1.807, 2.05) is 17.5 Å². The average Bonchev–Trinajstić information content (AvgIpc) is 1.76. The molecule has 0 aromatic carbocycles. The molecule has 1 aromatic rings. The molecule has 1 radical (unpaired) electrons. The summed E-state index contributed by atoms with van der Waals surface area (Å²) in [5, 5.41) is 4.89. The molecule has 0 aliphatic rings. The van der Waals surface area contributed by atoms with Crippen molar-refractivity contribution in [3.05, 3.63) is 22.9 Å². The zero-order valence-corrected chi connectivity index (χ0v) is 7.97. The summed E-state index contributed by atoms with van der Waals surface area (Å²) in [6.07, 6.45) is 0. The van der Waals surface area contributed by atoms with Gasteiger partial charge in [0.25, 0.3) is 0 Å². The third-order valence-electron chi connectivity index (χ3n) is 0.379. The van der Waals surface area contributed by atoms with E-state index in [4.69, 9.17) is 0 Å². The Hall–Kier alpha value is 1.95. The van der Waals surface area contributed by atoms with E-state index in [-0.39, 0.29) is 70.9 Å². The van der Waals surface area contributed by atoms with E-state index in [1.165, 1.54) is 0 Å². The molecule has 0 nitrogen and oxygen atoms in total. The Morgan fingerprint density at radius 1 is 1.43 bits per heavy atom. The van der Waals surface area contributed by atoms with Crippen LogP contribution in [-0.4, -0.2) is 0 Å². The Morgan fingerprint density at radius 2 is 2.14 bits per heavy atom. The number of rotatable bonds is 0. The third-order valence-corrected chi connectivity index (χ3v) is 0.944. The maximum absolute atomic E-state index is 2.90. The Morgan fingerprint density at radius 3 is 2.29 bits per heavy atom. The molecular formula is C4H3ISYb-. The van der Waals surface area contributed by atoms with Gasteiger partial charge in [0.2, 0.25) is 0 Å². The van der Waals surface area contributed by atoms with Gasteiger partial charge in [-0.2, -0.15) is 0 Å². The van der Waals surface area contributed by atoms with Crippen molar-refractivity contribution in [3.63, 3.8) is 0 Å². The Kier molecular flexibility index (Phi) is 13.3. The number of hydrogen-bond acceptors (Lipinski definition) is 1. The molecule has 0 aliphatic carbocycles. The van der Waals surface area contributed by atoms with Gasteiger partial charge >= 0.3 is 0 Å². The van der Waals surface area contributed by atoms with Gasteiger partial charge < -0.3 is 24.0 Å². The Bertz CT molecular complexity index is 68.2. The minimum absolute atomic E-state index is 0. The van der Waals surface area contributed by atoms with Crippen LogP contribution in [0.15, 0.2) is 17.5 Å². The number of halogens is 1. The largest absolute Gasteiger partial charge is 1.00 e. The molecule has 0 atom stereocenters. The average molecular weight is 383 g/mol. The monoisotopic (exact) mass is 384 g/mol. The van der Waals surface area contributed by atoms with Gasteiger partial charge in [0.15, 0.2) is 0 Å². The van der Waals surface area contributed by atoms with Crippen LogP contribution in [0.25, 0.3) is 0 Å². The fraction of sp³-hybridized carbons (Fsp3) is 0. The van der Waals surface area contributed by atoms with Crippen LogP contribution in [0.4, 0.5) is 0 Å². The standard InChI is InChI=1S/C4H3S.HI.Yb/c1-2-4-5-3-1;;/h1-3H;1H;/p-1. The van der Waals surface area contributed by atoms with Crippen LogP contribution in [0.5, 0.6) is 0 Å². The molecule has 0 spiro atoms. The van der Waals surface area contributed by atoms with E-state index < -0.39 is 0 Å². The molecule has 0 N–H and O–H groups in total. The second-order valence-corrected chi connectivity index (χ2v) is 1.47. The number of thiophene rings is 1. The van der Waals surface area contributed by atoms with Crippen LogP contribution in [0.1, 0.15) is 0 Å². The number of hydrogen-bond donors (Lipinski definition) is 0. The molecule has 0 aliphatic heterocycles. The van der Waals surface area contributed by atoms with Gasteiger partial charge in [-0.15, -0.1) is 11.3 Å². The summed E-state index contributed by atoms with van der Waals surface area (Å²) < 4.78 is 0. The first-order chi connectivity index (χ1) is 2.50. The summed E-state index contributed by atoms with van der Waals surface area (Å²) in [6.45, 7) is 0. The van der Waals surface area contributed by atoms with Gasteiger partial charge in [0.1, 0.15) is 0 Å². The smallest absolute Gasteiger partial charge is 0.0442 e. The first-order valence-corrected chi connectivity index (χ1v) is 2.27. The normalized spacial score (nSPS) is 5.71. The molecule has 0 bridgehead atoms. The topological polar surface area (TPSA) is 0 Å². The molecule has 1 aromatic heterocycles. The Balaban J connectivity index is 0.